The maximum absolute atomic E-state index is 5.93. The van der Waals surface area contributed by atoms with Crippen molar-refractivity contribution in [2.24, 2.45) is 0 Å². The highest BCUT2D eigenvalue weighted by Gasteiger charge is 2.11. The van der Waals surface area contributed by atoms with Crippen LogP contribution in [0.1, 0.15) is 0 Å². The average Bonchev–Trinajstić information content (AvgIpc) is 2.58. The van der Waals surface area contributed by atoms with Gasteiger partial charge in [0.1, 0.15) is 10.0 Å². The van der Waals surface area contributed by atoms with Gasteiger partial charge in [-0.25, -0.2) is 4.98 Å². The fourth-order valence-electron chi connectivity index (χ4n) is 0.906. The number of hydrogen-bond donors (Lipinski definition) is 1. The first-order valence-corrected chi connectivity index (χ1v) is 5.78. The van der Waals surface area contributed by atoms with Crippen LogP contribution in [-0.2, 0) is 0 Å². The van der Waals surface area contributed by atoms with E-state index in [2.05, 4.69) is 4.98 Å². The maximum atomic E-state index is 5.93. The Morgan fingerprint density at radius 2 is 2.15 bits per heavy atom. The molecule has 0 atom stereocenters. The third-order valence-electron chi connectivity index (χ3n) is 1.40. The van der Waals surface area contributed by atoms with Crippen LogP contribution in [0.3, 0.4) is 0 Å². The van der Waals surface area contributed by atoms with Crippen LogP contribution in [0.5, 0.6) is 0 Å². The Hall–Kier alpha value is -0.290. The molecule has 2 aromatic heterocycles. The van der Waals surface area contributed by atoms with E-state index < -0.39 is 0 Å². The van der Waals surface area contributed by atoms with Gasteiger partial charge in [-0.15, -0.1) is 11.3 Å². The van der Waals surface area contributed by atoms with Gasteiger partial charge in [-0.3, -0.25) is 0 Å². The molecule has 0 aliphatic carbocycles. The van der Waals surface area contributed by atoms with E-state index in [1.165, 1.54) is 22.7 Å². The zero-order valence-electron chi connectivity index (χ0n) is 6.25. The molecule has 0 spiro atoms. The van der Waals surface area contributed by atoms with Gasteiger partial charge >= 0.3 is 0 Å². The molecule has 0 saturated carbocycles. The van der Waals surface area contributed by atoms with E-state index >= 15 is 0 Å². The van der Waals surface area contributed by atoms with Crippen molar-refractivity contribution in [1.82, 2.24) is 4.98 Å². The molecule has 13 heavy (non-hydrogen) atoms. The zero-order valence-corrected chi connectivity index (χ0v) is 9.40. The fourth-order valence-corrected chi connectivity index (χ4v) is 3.05. The van der Waals surface area contributed by atoms with Crippen molar-refractivity contribution in [2.45, 2.75) is 0 Å². The second kappa shape index (κ2) is 3.46. The lowest BCUT2D eigenvalue weighted by Gasteiger charge is -1.88. The van der Waals surface area contributed by atoms with Gasteiger partial charge in [-0.2, -0.15) is 0 Å². The molecule has 2 rings (SSSR count). The Morgan fingerprint density at radius 1 is 1.38 bits per heavy atom. The highest BCUT2D eigenvalue weighted by Crippen LogP contribution is 2.37. The molecule has 2 aromatic rings. The number of hydrogen-bond acceptors (Lipinski definition) is 4. The minimum atomic E-state index is 0.476. The zero-order chi connectivity index (χ0) is 9.42. The molecule has 6 heteroatoms. The number of anilines is 1. The molecule has 0 aliphatic heterocycles. The number of nitrogens with two attached hydrogens (primary N) is 1. The summed E-state index contributed by atoms with van der Waals surface area (Å²) in [6.07, 6.45) is 0. The van der Waals surface area contributed by atoms with Crippen molar-refractivity contribution in [3.63, 3.8) is 0 Å². The van der Waals surface area contributed by atoms with Crippen molar-refractivity contribution < 1.29 is 0 Å². The molecule has 2 N–H and O–H groups in total. The van der Waals surface area contributed by atoms with Crippen molar-refractivity contribution in [1.29, 1.82) is 0 Å². The summed E-state index contributed by atoms with van der Waals surface area (Å²) < 4.78 is 0.607. The molecule has 0 aromatic carbocycles. The third kappa shape index (κ3) is 1.81. The predicted octanol–water partition coefficient (Wildman–Crippen LogP) is 3.76. The lowest BCUT2D eigenvalue weighted by molar-refractivity contribution is 1.43. The first-order valence-electron chi connectivity index (χ1n) is 3.33. The number of nitrogens with zero attached hydrogens (tertiary/aromatic N) is 1. The summed E-state index contributed by atoms with van der Waals surface area (Å²) in [7, 11) is 0. The number of thiazole rings is 1. The van der Waals surface area contributed by atoms with Crippen LogP contribution in [0, 0.1) is 0 Å². The highest BCUT2D eigenvalue weighted by molar-refractivity contribution is 7.20. The van der Waals surface area contributed by atoms with Crippen LogP contribution >= 0.6 is 45.9 Å². The number of halogens is 2. The van der Waals surface area contributed by atoms with Crippen molar-refractivity contribution in [2.75, 3.05) is 5.73 Å². The monoisotopic (exact) mass is 250 g/mol. The van der Waals surface area contributed by atoms with E-state index in [-0.39, 0.29) is 0 Å². The van der Waals surface area contributed by atoms with Crippen molar-refractivity contribution >= 4 is 51.0 Å². The molecule has 0 amide bonds. The van der Waals surface area contributed by atoms with Gasteiger partial charge in [0, 0.05) is 5.38 Å². The van der Waals surface area contributed by atoms with Gasteiger partial charge < -0.3 is 5.73 Å². The summed E-state index contributed by atoms with van der Waals surface area (Å²) in [5.74, 6) is 0. The highest BCUT2D eigenvalue weighted by atomic mass is 35.5. The summed E-state index contributed by atoms with van der Waals surface area (Å²) in [6, 6.07) is 1.83. The van der Waals surface area contributed by atoms with E-state index in [4.69, 9.17) is 28.9 Å². The van der Waals surface area contributed by atoms with Crippen LogP contribution in [0.2, 0.25) is 9.36 Å². The number of thiophene rings is 1. The van der Waals surface area contributed by atoms with Crippen LogP contribution in [-0.4, -0.2) is 4.98 Å². The normalized spacial score (nSPS) is 10.6. The van der Waals surface area contributed by atoms with Gasteiger partial charge in [0.25, 0.3) is 0 Å². The lowest BCUT2D eigenvalue weighted by Crippen LogP contribution is -1.80. The molecule has 2 nitrogen and oxygen atoms in total. The minimum absolute atomic E-state index is 0.476. The second-order valence-electron chi connectivity index (χ2n) is 2.30. The smallest absolute Gasteiger partial charge is 0.182 e. The Labute approximate surface area is 92.9 Å². The van der Waals surface area contributed by atoms with Crippen LogP contribution < -0.4 is 5.73 Å². The van der Waals surface area contributed by atoms with Gasteiger partial charge in [-0.05, 0) is 6.07 Å². The molecule has 0 unspecified atom stereocenters. The molecule has 0 bridgehead atoms. The van der Waals surface area contributed by atoms with E-state index in [0.717, 1.165) is 10.6 Å². The SMILES string of the molecule is Nc1nc(-c2cc(Cl)cs2)c(Cl)s1. The standard InChI is InChI=1S/C7H4Cl2N2S2/c8-3-1-4(12-2-3)5-6(9)13-7(10)11-5/h1-2H,(H2,10,11). The Balaban J connectivity index is 2.51. The molecule has 68 valence electrons. The minimum Gasteiger partial charge on any atom is -0.375 e. The van der Waals surface area contributed by atoms with Gasteiger partial charge in [0.15, 0.2) is 5.13 Å². The summed E-state index contributed by atoms with van der Waals surface area (Å²) >= 11 is 14.5. The van der Waals surface area contributed by atoms with Gasteiger partial charge in [0.05, 0.1) is 9.90 Å². The number of aromatic nitrogens is 1. The Morgan fingerprint density at radius 3 is 2.62 bits per heavy atom. The molecule has 2 heterocycles. The molecule has 0 radical (unpaired) electrons. The van der Waals surface area contributed by atoms with Crippen molar-refractivity contribution in [3.8, 4) is 10.6 Å². The first kappa shape index (κ1) is 9.27. The fraction of sp³-hybridized carbons (Fsp3) is 0. The van der Waals surface area contributed by atoms with Gasteiger partial charge in [-0.1, -0.05) is 34.5 Å². The predicted molar refractivity (Wildman–Crippen MR) is 59.9 cm³/mol. The van der Waals surface area contributed by atoms with E-state index in [9.17, 15) is 0 Å². The van der Waals surface area contributed by atoms with Crippen LogP contribution in [0.4, 0.5) is 5.13 Å². The Kier molecular flexibility index (Phi) is 2.47. The summed E-state index contributed by atoms with van der Waals surface area (Å²) in [5.41, 5.74) is 6.24. The molecule has 0 saturated heterocycles. The van der Waals surface area contributed by atoms with Gasteiger partial charge in [0.2, 0.25) is 0 Å². The number of rotatable bonds is 1. The molecular weight excluding hydrogens is 247 g/mol. The van der Waals surface area contributed by atoms with Crippen molar-refractivity contribution in [3.05, 3.63) is 20.8 Å². The average molecular weight is 251 g/mol. The largest absolute Gasteiger partial charge is 0.375 e. The summed E-state index contributed by atoms with van der Waals surface area (Å²) in [4.78, 5) is 5.06. The quantitative estimate of drug-likeness (QED) is 0.838. The maximum Gasteiger partial charge on any atom is 0.182 e. The van der Waals surface area contributed by atoms with E-state index in [1.807, 2.05) is 11.4 Å². The van der Waals surface area contributed by atoms with E-state index in [0.29, 0.717) is 14.5 Å². The summed E-state index contributed by atoms with van der Waals surface area (Å²) in [6.45, 7) is 0. The lowest BCUT2D eigenvalue weighted by atomic mass is 10.4. The number of nitrogen functional groups attached to an aromatic ring is 1. The topological polar surface area (TPSA) is 38.9 Å². The molecule has 0 aliphatic rings. The third-order valence-corrected chi connectivity index (χ3v) is 3.77. The second-order valence-corrected chi connectivity index (χ2v) is 5.28. The Bertz CT molecular complexity index is 435. The molecule has 0 fully saturated rings. The first-order chi connectivity index (χ1) is 6.16. The van der Waals surface area contributed by atoms with E-state index in [1.54, 1.807) is 0 Å². The van der Waals surface area contributed by atoms with Crippen LogP contribution in [0.25, 0.3) is 10.6 Å². The molecular formula is C7H4Cl2N2S2. The van der Waals surface area contributed by atoms with Crippen LogP contribution in [0.15, 0.2) is 11.4 Å². The summed E-state index contributed by atoms with van der Waals surface area (Å²) in [5, 5.41) is 3.01.